The van der Waals surface area contributed by atoms with Gasteiger partial charge in [-0.1, -0.05) is 13.8 Å². The minimum absolute atomic E-state index is 1.06. The van der Waals surface area contributed by atoms with Crippen LogP contribution < -0.4 is 0 Å². The van der Waals surface area contributed by atoms with Crippen molar-refractivity contribution in [1.29, 1.82) is 0 Å². The normalized spacial score (nSPS) is 17.4. The minimum atomic E-state index is 1.06. The molecular formula is C10H17N3. The van der Waals surface area contributed by atoms with Gasteiger partial charge in [0.2, 0.25) is 0 Å². The second-order valence-electron chi connectivity index (χ2n) is 3.55. The molecule has 3 nitrogen and oxygen atoms in total. The number of likely N-dealkylation sites (N-methyl/N-ethyl adjacent to an activating group) is 1. The molecule has 2 rings (SSSR count). The van der Waals surface area contributed by atoms with E-state index in [1.807, 2.05) is 6.33 Å². The minimum Gasteiger partial charge on any atom is -0.332 e. The predicted octanol–water partition coefficient (Wildman–Crippen LogP) is 1.28. The van der Waals surface area contributed by atoms with Gasteiger partial charge in [0.05, 0.1) is 17.7 Å². The first-order chi connectivity index (χ1) is 6.35. The first kappa shape index (κ1) is 8.75. The molecule has 72 valence electrons. The summed E-state index contributed by atoms with van der Waals surface area (Å²) in [5, 5.41) is 0. The highest BCUT2D eigenvalue weighted by Crippen LogP contribution is 2.15. The van der Waals surface area contributed by atoms with E-state index in [2.05, 4.69) is 28.3 Å². The summed E-state index contributed by atoms with van der Waals surface area (Å²) in [5.74, 6) is 0. The van der Waals surface area contributed by atoms with Crippen molar-refractivity contribution in [3.8, 4) is 0 Å². The van der Waals surface area contributed by atoms with Crippen LogP contribution in [-0.4, -0.2) is 27.5 Å². The molecule has 0 aliphatic carbocycles. The van der Waals surface area contributed by atoms with Gasteiger partial charge in [0, 0.05) is 19.6 Å². The Kier molecular flexibility index (Phi) is 2.36. The van der Waals surface area contributed by atoms with E-state index in [-0.39, 0.29) is 0 Å². The summed E-state index contributed by atoms with van der Waals surface area (Å²) >= 11 is 0. The summed E-state index contributed by atoms with van der Waals surface area (Å²) in [4.78, 5) is 6.89. The summed E-state index contributed by atoms with van der Waals surface area (Å²) in [6.45, 7) is 8.90. The highest BCUT2D eigenvalue weighted by atomic mass is 15.2. The first-order valence-electron chi connectivity index (χ1n) is 5.10. The van der Waals surface area contributed by atoms with Gasteiger partial charge in [-0.05, 0) is 13.0 Å². The molecule has 0 fully saturated rings. The number of hydrogen-bond acceptors (Lipinski definition) is 2. The average molecular weight is 179 g/mol. The van der Waals surface area contributed by atoms with Crippen LogP contribution in [0.25, 0.3) is 0 Å². The van der Waals surface area contributed by atoms with Crippen molar-refractivity contribution in [3.63, 3.8) is 0 Å². The highest BCUT2D eigenvalue weighted by molar-refractivity contribution is 5.14. The van der Waals surface area contributed by atoms with Crippen LogP contribution >= 0.6 is 0 Å². The summed E-state index contributed by atoms with van der Waals surface area (Å²) in [7, 11) is 0. The van der Waals surface area contributed by atoms with E-state index in [4.69, 9.17) is 0 Å². The predicted molar refractivity (Wildman–Crippen MR) is 52.6 cm³/mol. The van der Waals surface area contributed by atoms with E-state index in [1.54, 1.807) is 0 Å². The SMILES string of the molecule is CCc1ncn2c1CN(CC)CC2. The fourth-order valence-corrected chi connectivity index (χ4v) is 1.93. The third-order valence-corrected chi connectivity index (χ3v) is 2.85. The monoisotopic (exact) mass is 179 g/mol. The van der Waals surface area contributed by atoms with Crippen LogP contribution in [0.2, 0.25) is 0 Å². The zero-order valence-corrected chi connectivity index (χ0v) is 8.45. The quantitative estimate of drug-likeness (QED) is 0.682. The van der Waals surface area contributed by atoms with Crippen LogP contribution in [0, 0.1) is 0 Å². The Balaban J connectivity index is 2.25. The molecule has 0 amide bonds. The lowest BCUT2D eigenvalue weighted by Gasteiger charge is -2.27. The third-order valence-electron chi connectivity index (χ3n) is 2.85. The lowest BCUT2D eigenvalue weighted by atomic mass is 10.2. The Labute approximate surface area is 79.4 Å². The average Bonchev–Trinajstić information content (AvgIpc) is 2.59. The van der Waals surface area contributed by atoms with Gasteiger partial charge in [-0.25, -0.2) is 4.98 Å². The molecule has 0 spiro atoms. The molecule has 0 saturated heterocycles. The van der Waals surface area contributed by atoms with Gasteiger partial charge < -0.3 is 4.57 Å². The van der Waals surface area contributed by atoms with Crippen molar-refractivity contribution in [2.45, 2.75) is 33.4 Å². The van der Waals surface area contributed by atoms with Crippen molar-refractivity contribution >= 4 is 0 Å². The molecule has 0 aromatic carbocycles. The highest BCUT2D eigenvalue weighted by Gasteiger charge is 2.17. The second-order valence-corrected chi connectivity index (χ2v) is 3.55. The van der Waals surface area contributed by atoms with Crippen LogP contribution in [-0.2, 0) is 19.5 Å². The molecule has 0 unspecified atom stereocenters. The molecule has 2 heterocycles. The summed E-state index contributed by atoms with van der Waals surface area (Å²) < 4.78 is 2.30. The Morgan fingerprint density at radius 3 is 2.92 bits per heavy atom. The number of aromatic nitrogens is 2. The van der Waals surface area contributed by atoms with Gasteiger partial charge >= 0.3 is 0 Å². The molecule has 0 radical (unpaired) electrons. The van der Waals surface area contributed by atoms with Crippen LogP contribution in [0.15, 0.2) is 6.33 Å². The topological polar surface area (TPSA) is 21.1 Å². The van der Waals surface area contributed by atoms with Crippen molar-refractivity contribution in [1.82, 2.24) is 14.5 Å². The number of fused-ring (bicyclic) bond motifs is 1. The number of hydrogen-bond donors (Lipinski definition) is 0. The fraction of sp³-hybridized carbons (Fsp3) is 0.700. The van der Waals surface area contributed by atoms with Gasteiger partial charge in [0.25, 0.3) is 0 Å². The van der Waals surface area contributed by atoms with Crippen molar-refractivity contribution in [2.75, 3.05) is 13.1 Å². The largest absolute Gasteiger partial charge is 0.332 e. The van der Waals surface area contributed by atoms with E-state index < -0.39 is 0 Å². The molecule has 0 bridgehead atoms. The zero-order valence-electron chi connectivity index (χ0n) is 8.45. The van der Waals surface area contributed by atoms with E-state index in [9.17, 15) is 0 Å². The smallest absolute Gasteiger partial charge is 0.0952 e. The Bertz CT molecular complexity index is 277. The standard InChI is InChI=1S/C10H17N3/c1-3-9-10-7-12(4-2)5-6-13(10)8-11-9/h8H,3-7H2,1-2H3. The lowest BCUT2D eigenvalue weighted by Crippen LogP contribution is -2.33. The van der Waals surface area contributed by atoms with Crippen molar-refractivity contribution in [3.05, 3.63) is 17.7 Å². The van der Waals surface area contributed by atoms with Crippen LogP contribution in [0.1, 0.15) is 25.2 Å². The molecule has 13 heavy (non-hydrogen) atoms. The lowest BCUT2D eigenvalue weighted by molar-refractivity contribution is 0.231. The molecule has 1 aliphatic rings. The molecular weight excluding hydrogens is 162 g/mol. The maximum atomic E-state index is 4.42. The molecule has 1 aromatic heterocycles. The van der Waals surface area contributed by atoms with Crippen molar-refractivity contribution < 1.29 is 0 Å². The second kappa shape index (κ2) is 3.50. The summed E-state index contributed by atoms with van der Waals surface area (Å²) in [6, 6.07) is 0. The first-order valence-corrected chi connectivity index (χ1v) is 5.10. The van der Waals surface area contributed by atoms with Gasteiger partial charge in [-0.15, -0.1) is 0 Å². The van der Waals surface area contributed by atoms with Gasteiger partial charge in [-0.2, -0.15) is 0 Å². The zero-order chi connectivity index (χ0) is 9.26. The molecule has 0 atom stereocenters. The number of imidazole rings is 1. The third kappa shape index (κ3) is 1.48. The van der Waals surface area contributed by atoms with E-state index >= 15 is 0 Å². The van der Waals surface area contributed by atoms with Crippen LogP contribution in [0.5, 0.6) is 0 Å². The number of aryl methyl sites for hydroxylation is 1. The van der Waals surface area contributed by atoms with E-state index in [0.717, 1.165) is 26.1 Å². The summed E-state index contributed by atoms with van der Waals surface area (Å²) in [6.07, 6.45) is 3.04. The van der Waals surface area contributed by atoms with E-state index in [1.165, 1.54) is 17.9 Å². The Hall–Kier alpha value is -0.830. The van der Waals surface area contributed by atoms with Gasteiger partial charge in [-0.3, -0.25) is 4.90 Å². The number of rotatable bonds is 2. The van der Waals surface area contributed by atoms with Gasteiger partial charge in [0.15, 0.2) is 0 Å². The Morgan fingerprint density at radius 2 is 2.23 bits per heavy atom. The van der Waals surface area contributed by atoms with Crippen molar-refractivity contribution in [2.24, 2.45) is 0 Å². The van der Waals surface area contributed by atoms with E-state index in [0.29, 0.717) is 0 Å². The maximum absolute atomic E-state index is 4.42. The maximum Gasteiger partial charge on any atom is 0.0952 e. The molecule has 1 aliphatic heterocycles. The van der Waals surface area contributed by atoms with Gasteiger partial charge in [0.1, 0.15) is 0 Å². The fourth-order valence-electron chi connectivity index (χ4n) is 1.93. The van der Waals surface area contributed by atoms with Crippen LogP contribution in [0.4, 0.5) is 0 Å². The molecule has 0 saturated carbocycles. The molecule has 1 aromatic rings. The summed E-state index contributed by atoms with van der Waals surface area (Å²) in [5.41, 5.74) is 2.70. The number of nitrogens with zero attached hydrogens (tertiary/aromatic N) is 3. The Morgan fingerprint density at radius 1 is 1.38 bits per heavy atom. The molecule has 3 heteroatoms. The van der Waals surface area contributed by atoms with Crippen LogP contribution in [0.3, 0.4) is 0 Å². The molecule has 0 N–H and O–H groups in total.